The Morgan fingerprint density at radius 3 is 2.94 bits per heavy atom. The van der Waals surface area contributed by atoms with Crippen LogP contribution in [0.5, 0.6) is 0 Å². The van der Waals surface area contributed by atoms with Crippen LogP contribution in [0.3, 0.4) is 0 Å². The monoisotopic (exact) mass is 229 g/mol. The van der Waals surface area contributed by atoms with Crippen molar-refractivity contribution in [1.82, 2.24) is 4.90 Å². The summed E-state index contributed by atoms with van der Waals surface area (Å²) in [4.78, 5) is 2.41. The van der Waals surface area contributed by atoms with E-state index in [-0.39, 0.29) is 0 Å². The Morgan fingerprint density at radius 2 is 2.12 bits per heavy atom. The third-order valence-electron chi connectivity index (χ3n) is 3.31. The van der Waals surface area contributed by atoms with Crippen LogP contribution in [0.1, 0.15) is 22.6 Å². The number of likely N-dealkylation sites (N-methyl/N-ethyl adjacent to an activating group) is 1. The second kappa shape index (κ2) is 4.04. The molecule has 2 heteroatoms. The van der Waals surface area contributed by atoms with Crippen molar-refractivity contribution in [2.75, 3.05) is 13.6 Å². The number of rotatable bonds is 1. The molecule has 0 spiro atoms. The van der Waals surface area contributed by atoms with Crippen LogP contribution in [-0.4, -0.2) is 18.5 Å². The first-order chi connectivity index (χ1) is 7.84. The lowest BCUT2D eigenvalue weighted by molar-refractivity contribution is 0.295. The highest BCUT2D eigenvalue weighted by Gasteiger charge is 2.24. The Balaban J connectivity index is 2.07. The molecule has 1 unspecified atom stereocenters. The molecule has 1 aliphatic heterocycles. The van der Waals surface area contributed by atoms with E-state index in [1.54, 1.807) is 11.3 Å². The van der Waals surface area contributed by atoms with Crippen molar-refractivity contribution in [2.24, 2.45) is 0 Å². The fourth-order valence-corrected chi connectivity index (χ4v) is 3.26. The summed E-state index contributed by atoms with van der Waals surface area (Å²) in [6, 6.07) is 11.1. The average molecular weight is 229 g/mol. The van der Waals surface area contributed by atoms with E-state index in [2.05, 4.69) is 53.0 Å². The predicted molar refractivity (Wildman–Crippen MR) is 68.9 cm³/mol. The van der Waals surface area contributed by atoms with Gasteiger partial charge in [-0.25, -0.2) is 0 Å². The lowest BCUT2D eigenvalue weighted by atomic mass is 9.86. The molecular formula is C14H15NS. The number of nitrogens with zero attached hydrogens (tertiary/aromatic N) is 1. The molecule has 1 aromatic heterocycles. The number of benzene rings is 1. The summed E-state index contributed by atoms with van der Waals surface area (Å²) in [5.74, 6) is 0.557. The van der Waals surface area contributed by atoms with Gasteiger partial charge in [0, 0.05) is 19.0 Å². The molecule has 0 bridgehead atoms. The molecule has 2 aromatic rings. The van der Waals surface area contributed by atoms with Gasteiger partial charge in [-0.3, -0.25) is 0 Å². The van der Waals surface area contributed by atoms with Gasteiger partial charge in [0.15, 0.2) is 0 Å². The van der Waals surface area contributed by atoms with Gasteiger partial charge >= 0.3 is 0 Å². The van der Waals surface area contributed by atoms with E-state index in [1.807, 2.05) is 0 Å². The summed E-state index contributed by atoms with van der Waals surface area (Å²) in [6.45, 7) is 2.21. The zero-order chi connectivity index (χ0) is 11.0. The van der Waals surface area contributed by atoms with Crippen molar-refractivity contribution in [3.63, 3.8) is 0 Å². The Morgan fingerprint density at radius 1 is 1.25 bits per heavy atom. The summed E-state index contributed by atoms with van der Waals surface area (Å²) < 4.78 is 0. The first kappa shape index (κ1) is 10.1. The van der Waals surface area contributed by atoms with E-state index in [9.17, 15) is 0 Å². The van der Waals surface area contributed by atoms with Gasteiger partial charge < -0.3 is 4.90 Å². The van der Waals surface area contributed by atoms with Gasteiger partial charge in [-0.1, -0.05) is 24.3 Å². The number of hydrogen-bond donors (Lipinski definition) is 0. The second-order valence-electron chi connectivity index (χ2n) is 4.50. The highest BCUT2D eigenvalue weighted by atomic mass is 32.1. The van der Waals surface area contributed by atoms with Crippen LogP contribution < -0.4 is 0 Å². The van der Waals surface area contributed by atoms with Gasteiger partial charge in [-0.2, -0.15) is 11.3 Å². The third-order valence-corrected chi connectivity index (χ3v) is 4.01. The molecule has 0 fully saturated rings. The van der Waals surface area contributed by atoms with Crippen LogP contribution in [0, 0.1) is 0 Å². The first-order valence-electron chi connectivity index (χ1n) is 5.63. The van der Waals surface area contributed by atoms with Gasteiger partial charge in [-0.15, -0.1) is 0 Å². The number of thiophene rings is 1. The lowest BCUT2D eigenvalue weighted by Crippen LogP contribution is -2.30. The molecule has 0 amide bonds. The largest absolute Gasteiger partial charge is 0.301 e. The van der Waals surface area contributed by atoms with Crippen LogP contribution in [0.15, 0.2) is 41.1 Å². The molecule has 0 saturated carbocycles. The zero-order valence-corrected chi connectivity index (χ0v) is 10.2. The molecule has 0 radical (unpaired) electrons. The molecular weight excluding hydrogens is 214 g/mol. The predicted octanol–water partition coefficient (Wildman–Crippen LogP) is 3.33. The minimum atomic E-state index is 0.557. The average Bonchev–Trinajstić information content (AvgIpc) is 2.81. The lowest BCUT2D eigenvalue weighted by Gasteiger charge is -2.32. The summed E-state index contributed by atoms with van der Waals surface area (Å²) >= 11 is 1.79. The molecule has 3 rings (SSSR count). The minimum Gasteiger partial charge on any atom is -0.301 e. The fourth-order valence-electron chi connectivity index (χ4n) is 2.54. The van der Waals surface area contributed by atoms with Gasteiger partial charge in [0.25, 0.3) is 0 Å². The minimum absolute atomic E-state index is 0.557. The summed E-state index contributed by atoms with van der Waals surface area (Å²) in [7, 11) is 2.20. The highest BCUT2D eigenvalue weighted by molar-refractivity contribution is 7.08. The van der Waals surface area contributed by atoms with Crippen molar-refractivity contribution in [3.05, 3.63) is 57.8 Å². The van der Waals surface area contributed by atoms with Crippen molar-refractivity contribution in [3.8, 4) is 0 Å². The van der Waals surface area contributed by atoms with E-state index in [1.165, 1.54) is 16.7 Å². The van der Waals surface area contributed by atoms with Crippen molar-refractivity contribution in [2.45, 2.75) is 12.5 Å². The van der Waals surface area contributed by atoms with E-state index >= 15 is 0 Å². The number of fused-ring (bicyclic) bond motifs is 1. The second-order valence-corrected chi connectivity index (χ2v) is 5.28. The molecule has 82 valence electrons. The number of hydrogen-bond acceptors (Lipinski definition) is 2. The Labute approximate surface area is 100 Å². The Bertz CT molecular complexity index is 475. The van der Waals surface area contributed by atoms with Gasteiger partial charge in [-0.05, 0) is 40.6 Å². The van der Waals surface area contributed by atoms with E-state index in [0.29, 0.717) is 5.92 Å². The zero-order valence-electron chi connectivity index (χ0n) is 9.39. The molecule has 0 saturated heterocycles. The maximum atomic E-state index is 2.41. The topological polar surface area (TPSA) is 3.24 Å². The fraction of sp³-hybridized carbons (Fsp3) is 0.286. The maximum Gasteiger partial charge on any atom is 0.0234 e. The quantitative estimate of drug-likeness (QED) is 0.725. The molecule has 1 aromatic carbocycles. The van der Waals surface area contributed by atoms with Crippen molar-refractivity contribution < 1.29 is 0 Å². The van der Waals surface area contributed by atoms with Gasteiger partial charge in [0.05, 0.1) is 0 Å². The molecule has 1 atom stereocenters. The van der Waals surface area contributed by atoms with Crippen LogP contribution in [0.4, 0.5) is 0 Å². The summed E-state index contributed by atoms with van der Waals surface area (Å²) in [6.07, 6.45) is 0. The van der Waals surface area contributed by atoms with Crippen LogP contribution in [-0.2, 0) is 6.54 Å². The smallest absolute Gasteiger partial charge is 0.0234 e. The molecule has 1 nitrogen and oxygen atoms in total. The molecule has 1 aliphatic rings. The third kappa shape index (κ3) is 1.68. The van der Waals surface area contributed by atoms with Crippen LogP contribution in [0.2, 0.25) is 0 Å². The SMILES string of the molecule is CN1Cc2ccccc2C(c2ccsc2)C1. The molecule has 0 N–H and O–H groups in total. The summed E-state index contributed by atoms with van der Waals surface area (Å²) in [5.41, 5.74) is 4.45. The van der Waals surface area contributed by atoms with Gasteiger partial charge in [0.1, 0.15) is 0 Å². The Kier molecular flexibility index (Phi) is 2.54. The highest BCUT2D eigenvalue weighted by Crippen LogP contribution is 2.33. The summed E-state index contributed by atoms with van der Waals surface area (Å²) in [5, 5.41) is 4.45. The van der Waals surface area contributed by atoms with Crippen LogP contribution >= 0.6 is 11.3 Å². The van der Waals surface area contributed by atoms with Gasteiger partial charge in [0.2, 0.25) is 0 Å². The first-order valence-corrected chi connectivity index (χ1v) is 6.57. The molecule has 16 heavy (non-hydrogen) atoms. The van der Waals surface area contributed by atoms with E-state index in [4.69, 9.17) is 0 Å². The Hall–Kier alpha value is -1.12. The van der Waals surface area contributed by atoms with E-state index < -0.39 is 0 Å². The van der Waals surface area contributed by atoms with Crippen molar-refractivity contribution in [1.29, 1.82) is 0 Å². The van der Waals surface area contributed by atoms with Crippen LogP contribution in [0.25, 0.3) is 0 Å². The molecule has 0 aliphatic carbocycles. The standard InChI is InChI=1S/C14H15NS/c1-15-8-11-4-2-3-5-13(11)14(9-15)12-6-7-16-10-12/h2-7,10,14H,8-9H2,1H3. The normalized spacial score (nSPS) is 20.7. The molecule has 2 heterocycles. The maximum absolute atomic E-state index is 2.41. The van der Waals surface area contributed by atoms with E-state index in [0.717, 1.165) is 13.1 Å². The van der Waals surface area contributed by atoms with Crippen molar-refractivity contribution >= 4 is 11.3 Å².